The Morgan fingerprint density at radius 3 is 2.50 bits per heavy atom. The fourth-order valence-electron chi connectivity index (χ4n) is 4.24. The lowest BCUT2D eigenvalue weighted by Gasteiger charge is -2.20. The average Bonchev–Trinajstić information content (AvgIpc) is 2.98. The van der Waals surface area contributed by atoms with Crippen LogP contribution in [0.25, 0.3) is 10.8 Å². The number of hydrogen-bond donors (Lipinski definition) is 1. The zero-order chi connectivity index (χ0) is 20.2. The molecule has 0 spiro atoms. The molecule has 0 aliphatic carbocycles. The molecule has 0 amide bonds. The minimum absolute atomic E-state index is 0. The molecule has 1 aliphatic rings. The van der Waals surface area contributed by atoms with E-state index in [-0.39, 0.29) is 24.0 Å². The normalized spacial score (nSPS) is 17.5. The summed E-state index contributed by atoms with van der Waals surface area (Å²) in [5, 5.41) is 7.28. The van der Waals surface area contributed by atoms with Crippen LogP contribution < -0.4 is 11.3 Å². The molecule has 0 radical (unpaired) electrons. The molecule has 160 valence electrons. The quantitative estimate of drug-likeness (QED) is 0.641. The summed E-state index contributed by atoms with van der Waals surface area (Å²) >= 11 is 6.03. The topological polar surface area (TPSA) is 64.2 Å². The van der Waals surface area contributed by atoms with Crippen LogP contribution in [0.2, 0.25) is 5.02 Å². The number of likely N-dealkylation sites (tertiary alicyclic amines) is 1. The van der Waals surface area contributed by atoms with Gasteiger partial charge in [-0.2, -0.15) is 5.10 Å². The average molecular weight is 447 g/mol. The third-order valence-corrected chi connectivity index (χ3v) is 6.02. The molecule has 2 aromatic carbocycles. The van der Waals surface area contributed by atoms with Gasteiger partial charge in [-0.15, -0.1) is 12.4 Å². The van der Waals surface area contributed by atoms with Crippen LogP contribution in [0, 0.1) is 0 Å². The van der Waals surface area contributed by atoms with Gasteiger partial charge in [0.1, 0.15) is 0 Å². The number of benzene rings is 2. The van der Waals surface area contributed by atoms with Crippen molar-refractivity contribution < 1.29 is 0 Å². The van der Waals surface area contributed by atoms with Crippen molar-refractivity contribution in [1.82, 2.24) is 14.7 Å². The van der Waals surface area contributed by atoms with E-state index in [9.17, 15) is 4.79 Å². The molecule has 1 aromatic heterocycles. The first kappa shape index (κ1) is 22.8. The van der Waals surface area contributed by atoms with Crippen LogP contribution in [-0.2, 0) is 6.42 Å². The van der Waals surface area contributed by atoms with E-state index in [4.69, 9.17) is 22.4 Å². The van der Waals surface area contributed by atoms with Crippen molar-refractivity contribution in [3.05, 3.63) is 75.2 Å². The van der Waals surface area contributed by atoms with Crippen LogP contribution in [0.3, 0.4) is 0 Å². The van der Waals surface area contributed by atoms with Gasteiger partial charge in [0.2, 0.25) is 0 Å². The molecule has 3 aromatic rings. The molecule has 0 saturated carbocycles. The SMILES string of the molecule is Cl.NCCN1CCCC(n2nc(Cc3ccc(Cl)cc3)c3ccccc3c2=O)CC1. The second kappa shape index (κ2) is 10.4. The van der Waals surface area contributed by atoms with E-state index in [0.717, 1.165) is 65.9 Å². The van der Waals surface area contributed by atoms with Crippen molar-refractivity contribution in [3.63, 3.8) is 0 Å². The number of fused-ring (bicyclic) bond motifs is 1. The highest BCUT2D eigenvalue weighted by molar-refractivity contribution is 6.30. The van der Waals surface area contributed by atoms with Crippen LogP contribution in [-0.4, -0.2) is 40.9 Å². The van der Waals surface area contributed by atoms with Gasteiger partial charge in [-0.3, -0.25) is 4.79 Å². The smallest absolute Gasteiger partial charge is 0.274 e. The Bertz CT molecular complexity index is 1040. The van der Waals surface area contributed by atoms with E-state index < -0.39 is 0 Å². The minimum Gasteiger partial charge on any atom is -0.329 e. The Morgan fingerprint density at radius 2 is 1.77 bits per heavy atom. The molecule has 1 aliphatic heterocycles. The standard InChI is InChI=1S/C23H27ClN4O.ClH/c24-18-9-7-17(8-10-18)16-22-20-5-1-2-6-21(20)23(29)28(26-22)19-4-3-13-27(14-11-19)15-12-25;/h1-2,5-10,19H,3-4,11-16,25H2;1H. The Morgan fingerprint density at radius 1 is 1.03 bits per heavy atom. The van der Waals surface area contributed by atoms with Crippen LogP contribution in [0.15, 0.2) is 53.3 Å². The third kappa shape index (κ3) is 5.03. The summed E-state index contributed by atoms with van der Waals surface area (Å²) in [6, 6.07) is 15.8. The van der Waals surface area contributed by atoms with Gasteiger partial charge in [-0.1, -0.05) is 41.9 Å². The highest BCUT2D eigenvalue weighted by Gasteiger charge is 2.22. The van der Waals surface area contributed by atoms with Crippen molar-refractivity contribution in [3.8, 4) is 0 Å². The molecule has 2 N–H and O–H groups in total. The minimum atomic E-state index is 0. The molecule has 1 saturated heterocycles. The molecule has 2 heterocycles. The van der Waals surface area contributed by atoms with Gasteiger partial charge >= 0.3 is 0 Å². The number of halogens is 2. The van der Waals surface area contributed by atoms with Gasteiger partial charge in [0.25, 0.3) is 5.56 Å². The summed E-state index contributed by atoms with van der Waals surface area (Å²) in [7, 11) is 0. The summed E-state index contributed by atoms with van der Waals surface area (Å²) in [6.45, 7) is 3.57. The van der Waals surface area contributed by atoms with Gasteiger partial charge in [0.15, 0.2) is 0 Å². The Balaban J connectivity index is 0.00000256. The first-order valence-corrected chi connectivity index (χ1v) is 10.7. The lowest BCUT2D eigenvalue weighted by molar-refractivity contribution is 0.285. The summed E-state index contributed by atoms with van der Waals surface area (Å²) in [4.78, 5) is 15.6. The maximum Gasteiger partial charge on any atom is 0.274 e. The summed E-state index contributed by atoms with van der Waals surface area (Å²) in [5.74, 6) is 0. The van der Waals surface area contributed by atoms with Crippen LogP contribution in [0.1, 0.15) is 36.6 Å². The first-order valence-electron chi connectivity index (χ1n) is 10.3. The summed E-state index contributed by atoms with van der Waals surface area (Å²) in [5.41, 5.74) is 7.81. The highest BCUT2D eigenvalue weighted by Crippen LogP contribution is 2.24. The van der Waals surface area contributed by atoms with Crippen molar-refractivity contribution >= 4 is 34.8 Å². The molecular weight excluding hydrogens is 419 g/mol. The van der Waals surface area contributed by atoms with Crippen LogP contribution >= 0.6 is 24.0 Å². The Kier molecular flexibility index (Phi) is 7.89. The fraction of sp³-hybridized carbons (Fsp3) is 0.391. The highest BCUT2D eigenvalue weighted by atomic mass is 35.5. The number of aromatic nitrogens is 2. The monoisotopic (exact) mass is 446 g/mol. The van der Waals surface area contributed by atoms with Gasteiger partial charge in [0.05, 0.1) is 17.1 Å². The number of nitrogens with two attached hydrogens (primary N) is 1. The summed E-state index contributed by atoms with van der Waals surface area (Å²) < 4.78 is 1.75. The Labute approximate surface area is 188 Å². The molecule has 1 unspecified atom stereocenters. The van der Waals surface area contributed by atoms with Crippen LogP contribution in [0.4, 0.5) is 0 Å². The predicted octanol–water partition coefficient (Wildman–Crippen LogP) is 4.05. The molecular formula is C23H28Cl2N4O. The molecule has 0 bridgehead atoms. The van der Waals surface area contributed by atoms with Gasteiger partial charge < -0.3 is 10.6 Å². The number of rotatable bonds is 5. The summed E-state index contributed by atoms with van der Waals surface area (Å²) in [6.07, 6.45) is 3.61. The molecule has 30 heavy (non-hydrogen) atoms. The molecule has 1 fully saturated rings. The predicted molar refractivity (Wildman–Crippen MR) is 126 cm³/mol. The lowest BCUT2D eigenvalue weighted by Crippen LogP contribution is -2.32. The number of hydrogen-bond acceptors (Lipinski definition) is 4. The van der Waals surface area contributed by atoms with Gasteiger partial charge in [-0.25, -0.2) is 4.68 Å². The zero-order valence-corrected chi connectivity index (χ0v) is 18.5. The molecule has 4 rings (SSSR count). The zero-order valence-electron chi connectivity index (χ0n) is 17.0. The first-order chi connectivity index (χ1) is 14.2. The van der Waals surface area contributed by atoms with E-state index in [1.807, 2.05) is 48.5 Å². The third-order valence-electron chi connectivity index (χ3n) is 5.77. The molecule has 5 nitrogen and oxygen atoms in total. The maximum atomic E-state index is 13.2. The second-order valence-electron chi connectivity index (χ2n) is 7.76. The second-order valence-corrected chi connectivity index (χ2v) is 8.20. The van der Waals surface area contributed by atoms with E-state index in [0.29, 0.717) is 13.0 Å². The van der Waals surface area contributed by atoms with E-state index in [2.05, 4.69) is 4.90 Å². The number of nitrogens with zero attached hydrogens (tertiary/aromatic N) is 3. The van der Waals surface area contributed by atoms with Crippen molar-refractivity contribution in [2.24, 2.45) is 5.73 Å². The van der Waals surface area contributed by atoms with E-state index >= 15 is 0 Å². The lowest BCUT2D eigenvalue weighted by atomic mass is 10.0. The van der Waals surface area contributed by atoms with Crippen molar-refractivity contribution in [2.45, 2.75) is 31.7 Å². The molecule has 7 heteroatoms. The van der Waals surface area contributed by atoms with E-state index in [1.165, 1.54) is 0 Å². The maximum absolute atomic E-state index is 13.2. The molecule has 1 atom stereocenters. The van der Waals surface area contributed by atoms with Gasteiger partial charge in [0, 0.05) is 36.5 Å². The van der Waals surface area contributed by atoms with E-state index in [1.54, 1.807) is 4.68 Å². The van der Waals surface area contributed by atoms with Crippen molar-refractivity contribution in [2.75, 3.05) is 26.2 Å². The largest absolute Gasteiger partial charge is 0.329 e. The Hall–Kier alpha value is -1.92. The van der Waals surface area contributed by atoms with Crippen molar-refractivity contribution in [1.29, 1.82) is 0 Å². The van der Waals surface area contributed by atoms with Crippen LogP contribution in [0.5, 0.6) is 0 Å². The fourth-order valence-corrected chi connectivity index (χ4v) is 4.36. The van der Waals surface area contributed by atoms with Gasteiger partial charge in [-0.05, 0) is 49.6 Å².